The monoisotopic (exact) mass is 256 g/mol. The first-order chi connectivity index (χ1) is 6.33. The topological polar surface area (TPSA) is 9.23 Å². The van der Waals surface area contributed by atoms with Crippen LogP contribution in [-0.4, -0.2) is 7.11 Å². The summed E-state index contributed by atoms with van der Waals surface area (Å²) in [6.07, 6.45) is 0. The van der Waals surface area contributed by atoms with Gasteiger partial charge in [-0.15, -0.1) is 11.3 Å². The van der Waals surface area contributed by atoms with E-state index in [0.717, 1.165) is 11.1 Å². The third-order valence-electron chi connectivity index (χ3n) is 1.91. The van der Waals surface area contributed by atoms with Gasteiger partial charge in [0.05, 0.1) is 7.11 Å². The minimum absolute atomic E-state index is 0.923. The van der Waals surface area contributed by atoms with Gasteiger partial charge in [-0.05, 0) is 29.7 Å². The van der Waals surface area contributed by atoms with E-state index >= 15 is 0 Å². The van der Waals surface area contributed by atoms with Crippen LogP contribution in [0.15, 0.2) is 24.3 Å². The van der Waals surface area contributed by atoms with E-state index < -0.39 is 0 Å². The number of halogens is 1. The van der Waals surface area contributed by atoms with Crippen LogP contribution in [0, 0.1) is 0 Å². The Morgan fingerprint density at radius 3 is 2.92 bits per heavy atom. The van der Waals surface area contributed by atoms with Crippen LogP contribution in [0.1, 0.15) is 4.88 Å². The first-order valence-corrected chi connectivity index (χ1v) is 5.89. The molecule has 68 valence electrons. The van der Waals surface area contributed by atoms with Gasteiger partial charge >= 0.3 is 0 Å². The van der Waals surface area contributed by atoms with Gasteiger partial charge < -0.3 is 4.74 Å². The third-order valence-corrected chi connectivity index (χ3v) is 4.00. The van der Waals surface area contributed by atoms with Crippen LogP contribution in [0.5, 0.6) is 5.75 Å². The van der Waals surface area contributed by atoms with E-state index in [1.54, 1.807) is 7.11 Å². The second-order valence-electron chi connectivity index (χ2n) is 2.75. The predicted molar refractivity (Wildman–Crippen MR) is 61.0 cm³/mol. The summed E-state index contributed by atoms with van der Waals surface area (Å²) in [6, 6.07) is 8.36. The van der Waals surface area contributed by atoms with Crippen LogP contribution >= 0.6 is 27.3 Å². The molecule has 0 fully saturated rings. The van der Waals surface area contributed by atoms with E-state index in [-0.39, 0.29) is 0 Å². The summed E-state index contributed by atoms with van der Waals surface area (Å²) in [5.74, 6) is 0.923. The second kappa shape index (κ2) is 3.68. The van der Waals surface area contributed by atoms with Crippen molar-refractivity contribution >= 4 is 37.4 Å². The van der Waals surface area contributed by atoms with E-state index in [4.69, 9.17) is 4.74 Å². The molecule has 13 heavy (non-hydrogen) atoms. The molecular weight excluding hydrogens is 248 g/mol. The zero-order valence-corrected chi connectivity index (χ0v) is 9.61. The number of fused-ring (bicyclic) bond motifs is 1. The maximum absolute atomic E-state index is 5.16. The molecular formula is C10H9BrOS. The standard InChI is InChI=1S/C10H9BrOS/c1-12-8-2-3-10-7(4-8)5-9(6-11)13-10/h2-5H,6H2,1H3. The molecule has 0 unspecified atom stereocenters. The summed E-state index contributed by atoms with van der Waals surface area (Å²) >= 11 is 5.26. The highest BCUT2D eigenvalue weighted by molar-refractivity contribution is 9.08. The van der Waals surface area contributed by atoms with Gasteiger partial charge in [0.2, 0.25) is 0 Å². The van der Waals surface area contributed by atoms with Crippen molar-refractivity contribution in [1.82, 2.24) is 0 Å². The summed E-state index contributed by atoms with van der Waals surface area (Å²) in [5.41, 5.74) is 0. The molecule has 0 N–H and O–H groups in total. The van der Waals surface area contributed by atoms with Crippen molar-refractivity contribution < 1.29 is 4.74 Å². The Hall–Kier alpha value is -0.540. The number of thiophene rings is 1. The molecule has 0 atom stereocenters. The summed E-state index contributed by atoms with van der Waals surface area (Å²) in [4.78, 5) is 1.35. The minimum atomic E-state index is 0.923. The van der Waals surface area contributed by atoms with Crippen LogP contribution in [0.4, 0.5) is 0 Å². The molecule has 0 radical (unpaired) electrons. The highest BCUT2D eigenvalue weighted by atomic mass is 79.9. The van der Waals surface area contributed by atoms with E-state index in [0.29, 0.717) is 0 Å². The van der Waals surface area contributed by atoms with Crippen molar-refractivity contribution in [2.24, 2.45) is 0 Å². The van der Waals surface area contributed by atoms with Crippen LogP contribution < -0.4 is 4.74 Å². The molecule has 0 amide bonds. The lowest BCUT2D eigenvalue weighted by Crippen LogP contribution is -1.79. The Bertz CT molecular complexity index is 420. The van der Waals surface area contributed by atoms with E-state index in [1.165, 1.54) is 15.0 Å². The summed E-state index contributed by atoms with van der Waals surface area (Å²) < 4.78 is 6.47. The fourth-order valence-corrected chi connectivity index (χ4v) is 2.67. The summed E-state index contributed by atoms with van der Waals surface area (Å²) in [5, 5.41) is 2.19. The Morgan fingerprint density at radius 2 is 2.23 bits per heavy atom. The lowest BCUT2D eigenvalue weighted by molar-refractivity contribution is 0.415. The molecule has 1 heterocycles. The zero-order valence-electron chi connectivity index (χ0n) is 7.21. The van der Waals surface area contributed by atoms with Crippen molar-refractivity contribution in [2.75, 3.05) is 7.11 Å². The fraction of sp³-hybridized carbons (Fsp3) is 0.200. The van der Waals surface area contributed by atoms with Crippen LogP contribution in [0.25, 0.3) is 10.1 Å². The van der Waals surface area contributed by atoms with Crippen LogP contribution in [-0.2, 0) is 5.33 Å². The van der Waals surface area contributed by atoms with Gasteiger partial charge in [-0.3, -0.25) is 0 Å². The van der Waals surface area contributed by atoms with Gasteiger partial charge in [0, 0.05) is 14.9 Å². The number of methoxy groups -OCH3 is 1. The molecule has 0 aliphatic heterocycles. The van der Waals surface area contributed by atoms with E-state index in [2.05, 4.69) is 34.1 Å². The van der Waals surface area contributed by atoms with E-state index in [9.17, 15) is 0 Å². The van der Waals surface area contributed by atoms with Crippen molar-refractivity contribution in [3.63, 3.8) is 0 Å². The molecule has 1 aromatic carbocycles. The molecule has 2 rings (SSSR count). The largest absolute Gasteiger partial charge is 0.497 e. The number of alkyl halides is 1. The molecule has 3 heteroatoms. The first kappa shape index (κ1) is 9.03. The maximum Gasteiger partial charge on any atom is 0.119 e. The molecule has 0 bridgehead atoms. The average Bonchev–Trinajstić information content (AvgIpc) is 2.58. The number of hydrogen-bond donors (Lipinski definition) is 0. The molecule has 0 aliphatic rings. The lowest BCUT2D eigenvalue weighted by atomic mass is 10.2. The SMILES string of the molecule is COc1ccc2sc(CBr)cc2c1. The fourth-order valence-electron chi connectivity index (χ4n) is 1.27. The number of ether oxygens (including phenoxy) is 1. The van der Waals surface area contributed by atoms with Crippen molar-refractivity contribution in [3.05, 3.63) is 29.1 Å². The Balaban J connectivity index is 2.57. The quantitative estimate of drug-likeness (QED) is 0.743. The van der Waals surface area contributed by atoms with Gasteiger partial charge in [-0.2, -0.15) is 0 Å². The first-order valence-electron chi connectivity index (χ1n) is 3.96. The normalized spacial score (nSPS) is 10.6. The van der Waals surface area contributed by atoms with Crippen molar-refractivity contribution in [1.29, 1.82) is 0 Å². The van der Waals surface area contributed by atoms with E-state index in [1.807, 2.05) is 17.4 Å². The lowest BCUT2D eigenvalue weighted by Gasteiger charge is -1.97. The van der Waals surface area contributed by atoms with Crippen LogP contribution in [0.2, 0.25) is 0 Å². The molecule has 2 aromatic rings. The van der Waals surface area contributed by atoms with Gasteiger partial charge in [0.25, 0.3) is 0 Å². The molecule has 1 nitrogen and oxygen atoms in total. The predicted octanol–water partition coefficient (Wildman–Crippen LogP) is 3.80. The van der Waals surface area contributed by atoms with Gasteiger partial charge in [0.15, 0.2) is 0 Å². The highest BCUT2D eigenvalue weighted by Gasteiger charge is 2.01. The number of hydrogen-bond acceptors (Lipinski definition) is 2. The molecule has 1 aromatic heterocycles. The molecule has 0 saturated heterocycles. The summed E-state index contributed by atoms with van der Waals surface area (Å²) in [6.45, 7) is 0. The maximum atomic E-state index is 5.16. The second-order valence-corrected chi connectivity index (χ2v) is 4.48. The van der Waals surface area contributed by atoms with Gasteiger partial charge in [-0.1, -0.05) is 15.9 Å². The van der Waals surface area contributed by atoms with Crippen LogP contribution in [0.3, 0.4) is 0 Å². The Kier molecular flexibility index (Phi) is 2.56. The third kappa shape index (κ3) is 1.71. The smallest absolute Gasteiger partial charge is 0.119 e. The molecule has 0 aliphatic carbocycles. The zero-order chi connectivity index (χ0) is 9.26. The molecule has 0 saturated carbocycles. The Morgan fingerprint density at radius 1 is 1.38 bits per heavy atom. The highest BCUT2D eigenvalue weighted by Crippen LogP contribution is 2.29. The Labute approximate surface area is 89.5 Å². The summed E-state index contributed by atoms with van der Waals surface area (Å²) in [7, 11) is 1.69. The average molecular weight is 257 g/mol. The van der Waals surface area contributed by atoms with Crippen molar-refractivity contribution in [3.8, 4) is 5.75 Å². The minimum Gasteiger partial charge on any atom is -0.497 e. The number of rotatable bonds is 2. The van der Waals surface area contributed by atoms with Gasteiger partial charge in [-0.25, -0.2) is 0 Å². The molecule has 0 spiro atoms. The van der Waals surface area contributed by atoms with Crippen molar-refractivity contribution in [2.45, 2.75) is 5.33 Å². The number of benzene rings is 1. The van der Waals surface area contributed by atoms with Gasteiger partial charge in [0.1, 0.15) is 5.75 Å².